The number of fused-ring (bicyclic) bond motifs is 1. The molecule has 1 aromatic carbocycles. The Morgan fingerprint density at radius 1 is 1.38 bits per heavy atom. The first kappa shape index (κ1) is 8.76. The van der Waals surface area contributed by atoms with E-state index in [9.17, 15) is 0 Å². The summed E-state index contributed by atoms with van der Waals surface area (Å²) in [4.78, 5) is 2.51. The lowest BCUT2D eigenvalue weighted by Crippen LogP contribution is -2.30. The molecular weight excluding hydrogens is 158 g/mol. The molecule has 1 aliphatic heterocycles. The number of rotatable bonds is 1. The van der Waals surface area contributed by atoms with Crippen LogP contribution in [0.4, 0.5) is 0 Å². The molecule has 0 saturated carbocycles. The second kappa shape index (κ2) is 3.51. The van der Waals surface area contributed by atoms with Gasteiger partial charge in [0, 0.05) is 13.1 Å². The Morgan fingerprint density at radius 3 is 3.00 bits per heavy atom. The third-order valence-electron chi connectivity index (χ3n) is 3.03. The van der Waals surface area contributed by atoms with Crippen LogP contribution in [0.15, 0.2) is 18.2 Å². The van der Waals surface area contributed by atoms with Gasteiger partial charge in [-0.05, 0) is 36.6 Å². The number of benzene rings is 1. The van der Waals surface area contributed by atoms with Crippen LogP contribution in [0.5, 0.6) is 0 Å². The van der Waals surface area contributed by atoms with Crippen LogP contribution < -0.4 is 0 Å². The van der Waals surface area contributed by atoms with Crippen molar-refractivity contribution in [2.24, 2.45) is 0 Å². The van der Waals surface area contributed by atoms with Crippen molar-refractivity contribution in [3.63, 3.8) is 0 Å². The first-order valence-electron chi connectivity index (χ1n) is 5.11. The highest BCUT2D eigenvalue weighted by Crippen LogP contribution is 2.21. The Hall–Kier alpha value is -0.820. The zero-order valence-electron chi connectivity index (χ0n) is 8.51. The van der Waals surface area contributed by atoms with Gasteiger partial charge in [-0.3, -0.25) is 4.90 Å². The topological polar surface area (TPSA) is 3.24 Å². The lowest BCUT2D eigenvalue weighted by Gasteiger charge is -2.28. The van der Waals surface area contributed by atoms with Crippen LogP contribution in [-0.2, 0) is 13.0 Å². The smallest absolute Gasteiger partial charge is 0.0239 e. The minimum atomic E-state index is 1.15. The fourth-order valence-electron chi connectivity index (χ4n) is 2.07. The lowest BCUT2D eigenvalue weighted by molar-refractivity contribution is 0.267. The highest BCUT2D eigenvalue weighted by molar-refractivity contribution is 5.35. The highest BCUT2D eigenvalue weighted by atomic mass is 15.1. The van der Waals surface area contributed by atoms with Crippen molar-refractivity contribution in [1.29, 1.82) is 0 Å². The second-order valence-electron chi connectivity index (χ2n) is 3.83. The molecule has 0 saturated heterocycles. The summed E-state index contributed by atoms with van der Waals surface area (Å²) in [6, 6.07) is 6.67. The van der Waals surface area contributed by atoms with Crippen molar-refractivity contribution in [2.45, 2.75) is 26.8 Å². The van der Waals surface area contributed by atoms with E-state index in [1.165, 1.54) is 25.1 Å². The molecular formula is C12H17N. The van der Waals surface area contributed by atoms with Crippen LogP contribution in [0.3, 0.4) is 0 Å². The van der Waals surface area contributed by atoms with Gasteiger partial charge in [-0.2, -0.15) is 0 Å². The minimum absolute atomic E-state index is 1.15. The quantitative estimate of drug-likeness (QED) is 0.633. The van der Waals surface area contributed by atoms with Gasteiger partial charge in [0.25, 0.3) is 0 Å². The Labute approximate surface area is 80.4 Å². The summed E-state index contributed by atoms with van der Waals surface area (Å²) in [5.74, 6) is 0. The zero-order valence-corrected chi connectivity index (χ0v) is 8.51. The largest absolute Gasteiger partial charge is 0.299 e. The van der Waals surface area contributed by atoms with Crippen molar-refractivity contribution in [1.82, 2.24) is 4.90 Å². The maximum Gasteiger partial charge on any atom is 0.0239 e. The van der Waals surface area contributed by atoms with Crippen LogP contribution in [0.1, 0.15) is 23.6 Å². The molecule has 1 aliphatic rings. The van der Waals surface area contributed by atoms with Gasteiger partial charge in [0.2, 0.25) is 0 Å². The summed E-state index contributed by atoms with van der Waals surface area (Å²) in [6.07, 6.45) is 1.23. The molecule has 0 atom stereocenters. The molecule has 0 bridgehead atoms. The van der Waals surface area contributed by atoms with Gasteiger partial charge in [-0.25, -0.2) is 0 Å². The summed E-state index contributed by atoms with van der Waals surface area (Å²) in [7, 11) is 0. The summed E-state index contributed by atoms with van der Waals surface area (Å²) in [6.45, 7) is 8.01. The van der Waals surface area contributed by atoms with E-state index in [0.717, 1.165) is 6.54 Å². The van der Waals surface area contributed by atoms with Gasteiger partial charge in [0.15, 0.2) is 0 Å². The van der Waals surface area contributed by atoms with Crippen molar-refractivity contribution >= 4 is 0 Å². The SMILES string of the molecule is CCN1CCc2cccc(C)c2C1. The number of nitrogens with zero attached hydrogens (tertiary/aromatic N) is 1. The van der Waals surface area contributed by atoms with E-state index in [2.05, 4.69) is 36.9 Å². The predicted molar refractivity (Wildman–Crippen MR) is 55.8 cm³/mol. The van der Waals surface area contributed by atoms with Gasteiger partial charge < -0.3 is 0 Å². The van der Waals surface area contributed by atoms with Crippen LogP contribution >= 0.6 is 0 Å². The van der Waals surface area contributed by atoms with E-state index in [4.69, 9.17) is 0 Å². The van der Waals surface area contributed by atoms with E-state index in [1.807, 2.05) is 0 Å². The summed E-state index contributed by atoms with van der Waals surface area (Å²) in [5.41, 5.74) is 4.58. The number of likely N-dealkylation sites (N-methyl/N-ethyl adjacent to an activating group) is 1. The zero-order chi connectivity index (χ0) is 9.26. The molecule has 0 radical (unpaired) electrons. The van der Waals surface area contributed by atoms with Crippen molar-refractivity contribution < 1.29 is 0 Å². The first-order valence-corrected chi connectivity index (χ1v) is 5.11. The molecule has 1 heterocycles. The summed E-state index contributed by atoms with van der Waals surface area (Å²) >= 11 is 0. The Morgan fingerprint density at radius 2 is 2.23 bits per heavy atom. The molecule has 0 unspecified atom stereocenters. The Balaban J connectivity index is 2.32. The lowest BCUT2D eigenvalue weighted by atomic mass is 9.96. The van der Waals surface area contributed by atoms with E-state index in [0.29, 0.717) is 0 Å². The summed E-state index contributed by atoms with van der Waals surface area (Å²) in [5, 5.41) is 0. The molecule has 0 spiro atoms. The van der Waals surface area contributed by atoms with Crippen molar-refractivity contribution in [3.05, 3.63) is 34.9 Å². The van der Waals surface area contributed by atoms with Crippen LogP contribution in [0.25, 0.3) is 0 Å². The van der Waals surface area contributed by atoms with Crippen molar-refractivity contribution in [2.75, 3.05) is 13.1 Å². The average Bonchev–Trinajstić information content (AvgIpc) is 2.18. The number of hydrogen-bond acceptors (Lipinski definition) is 1. The molecule has 0 fully saturated rings. The van der Waals surface area contributed by atoms with Gasteiger partial charge in [0.05, 0.1) is 0 Å². The molecule has 0 aromatic heterocycles. The maximum atomic E-state index is 2.51. The van der Waals surface area contributed by atoms with E-state index < -0.39 is 0 Å². The molecule has 0 amide bonds. The predicted octanol–water partition coefficient (Wildman–Crippen LogP) is 2.37. The van der Waals surface area contributed by atoms with Crippen LogP contribution in [0.2, 0.25) is 0 Å². The monoisotopic (exact) mass is 175 g/mol. The van der Waals surface area contributed by atoms with Crippen LogP contribution in [-0.4, -0.2) is 18.0 Å². The third kappa shape index (κ3) is 1.61. The second-order valence-corrected chi connectivity index (χ2v) is 3.83. The van der Waals surface area contributed by atoms with E-state index in [-0.39, 0.29) is 0 Å². The molecule has 0 N–H and O–H groups in total. The number of hydrogen-bond donors (Lipinski definition) is 0. The molecule has 13 heavy (non-hydrogen) atoms. The molecule has 0 aliphatic carbocycles. The number of aryl methyl sites for hydroxylation is 1. The first-order chi connectivity index (χ1) is 6.31. The van der Waals surface area contributed by atoms with Crippen LogP contribution in [0, 0.1) is 6.92 Å². The Kier molecular flexibility index (Phi) is 2.36. The van der Waals surface area contributed by atoms with E-state index >= 15 is 0 Å². The molecule has 1 aromatic rings. The average molecular weight is 175 g/mol. The van der Waals surface area contributed by atoms with Gasteiger partial charge >= 0.3 is 0 Å². The molecule has 1 nitrogen and oxygen atoms in total. The van der Waals surface area contributed by atoms with Crippen molar-refractivity contribution in [3.8, 4) is 0 Å². The fraction of sp³-hybridized carbons (Fsp3) is 0.500. The van der Waals surface area contributed by atoms with E-state index in [1.54, 1.807) is 11.1 Å². The maximum absolute atomic E-state index is 2.51. The third-order valence-corrected chi connectivity index (χ3v) is 3.03. The molecule has 1 heteroatoms. The van der Waals surface area contributed by atoms with Gasteiger partial charge in [-0.1, -0.05) is 25.1 Å². The Bertz CT molecular complexity index is 304. The fourth-order valence-corrected chi connectivity index (χ4v) is 2.07. The minimum Gasteiger partial charge on any atom is -0.299 e. The van der Waals surface area contributed by atoms with Gasteiger partial charge in [0.1, 0.15) is 0 Å². The standard InChI is InChI=1S/C12H17N/c1-3-13-8-7-11-6-4-5-10(2)12(11)9-13/h4-6H,3,7-9H2,1-2H3. The highest BCUT2D eigenvalue weighted by Gasteiger charge is 2.15. The molecule has 2 rings (SSSR count). The van der Waals surface area contributed by atoms with Gasteiger partial charge in [-0.15, -0.1) is 0 Å². The molecule has 70 valence electrons. The summed E-state index contributed by atoms with van der Waals surface area (Å²) < 4.78 is 0. The normalized spacial score (nSPS) is 17.1.